The Balaban J connectivity index is 1.57. The van der Waals surface area contributed by atoms with Gasteiger partial charge in [0.2, 0.25) is 10.0 Å². The van der Waals surface area contributed by atoms with Crippen LogP contribution in [0.4, 0.5) is 0 Å². The summed E-state index contributed by atoms with van der Waals surface area (Å²) in [4.78, 5) is 17.6. The highest BCUT2D eigenvalue weighted by Crippen LogP contribution is 2.22. The molecule has 1 fully saturated rings. The van der Waals surface area contributed by atoms with Gasteiger partial charge < -0.3 is 4.74 Å². The van der Waals surface area contributed by atoms with E-state index in [2.05, 4.69) is 5.48 Å². The molecule has 1 saturated heterocycles. The quantitative estimate of drug-likeness (QED) is 0.799. The van der Waals surface area contributed by atoms with Gasteiger partial charge in [0.15, 0.2) is 6.29 Å². The molecule has 1 amide bonds. The first kappa shape index (κ1) is 18.1. The van der Waals surface area contributed by atoms with E-state index in [0.29, 0.717) is 12.2 Å². The molecule has 3 rings (SSSR count). The predicted molar refractivity (Wildman–Crippen MR) is 90.8 cm³/mol. The third-order valence-electron chi connectivity index (χ3n) is 4.23. The van der Waals surface area contributed by atoms with Crippen LogP contribution in [0.2, 0.25) is 0 Å². The molecular formula is C17H22N2O5S. The Morgan fingerprint density at radius 3 is 2.92 bits per heavy atom. The van der Waals surface area contributed by atoms with Crippen LogP contribution < -0.4 is 5.48 Å². The van der Waals surface area contributed by atoms with E-state index in [9.17, 15) is 13.2 Å². The van der Waals surface area contributed by atoms with Crippen LogP contribution in [0.1, 0.15) is 24.8 Å². The van der Waals surface area contributed by atoms with Crippen molar-refractivity contribution in [1.82, 2.24) is 9.79 Å². The number of rotatable bonds is 5. The number of benzene rings is 1. The zero-order valence-electron chi connectivity index (χ0n) is 14.1. The van der Waals surface area contributed by atoms with Gasteiger partial charge in [0.25, 0.3) is 5.91 Å². The number of ether oxygens (including phenoxy) is 1. The molecular weight excluding hydrogens is 344 g/mol. The molecule has 1 aromatic carbocycles. The lowest BCUT2D eigenvalue weighted by Gasteiger charge is -2.22. The first-order valence-corrected chi connectivity index (χ1v) is 9.74. The maximum atomic E-state index is 12.7. The monoisotopic (exact) mass is 366 g/mol. The summed E-state index contributed by atoms with van der Waals surface area (Å²) in [5.74, 6) is -0.434. The third-order valence-corrected chi connectivity index (χ3v) is 6.04. The summed E-state index contributed by atoms with van der Waals surface area (Å²) in [5, 5.41) is 0. The highest BCUT2D eigenvalue weighted by Gasteiger charge is 2.30. The number of hydrogen-bond donors (Lipinski definition) is 1. The van der Waals surface area contributed by atoms with Crippen molar-refractivity contribution in [2.24, 2.45) is 0 Å². The maximum Gasteiger partial charge on any atom is 0.271 e. The standard InChI is InChI=1S/C17H22N2O5S/c1-13-5-4-6-15(11-13)25(21,22)19-9-8-14(12-19)17(20)18-24-16-7-2-3-10-23-16/h4-6,8,11,16H,2-3,7,9-10,12H2,1H3,(H,18,20). The summed E-state index contributed by atoms with van der Waals surface area (Å²) in [6, 6.07) is 6.73. The second-order valence-electron chi connectivity index (χ2n) is 6.19. The molecule has 0 aromatic heterocycles. The van der Waals surface area contributed by atoms with Crippen LogP contribution in [-0.4, -0.2) is 44.6 Å². The average Bonchev–Trinajstić information content (AvgIpc) is 3.11. The largest absolute Gasteiger partial charge is 0.350 e. The Morgan fingerprint density at radius 2 is 2.20 bits per heavy atom. The minimum absolute atomic E-state index is 0.0248. The second-order valence-corrected chi connectivity index (χ2v) is 8.13. The maximum absolute atomic E-state index is 12.7. The van der Waals surface area contributed by atoms with Crippen LogP contribution in [-0.2, 0) is 24.4 Å². The molecule has 7 nitrogen and oxygen atoms in total. The molecule has 1 atom stereocenters. The van der Waals surface area contributed by atoms with Crippen LogP contribution in [0.3, 0.4) is 0 Å². The Kier molecular flexibility index (Phi) is 5.53. The average molecular weight is 366 g/mol. The van der Waals surface area contributed by atoms with E-state index in [-0.39, 0.29) is 18.0 Å². The van der Waals surface area contributed by atoms with Crippen molar-refractivity contribution >= 4 is 15.9 Å². The van der Waals surface area contributed by atoms with E-state index < -0.39 is 22.2 Å². The van der Waals surface area contributed by atoms with E-state index in [0.717, 1.165) is 24.8 Å². The lowest BCUT2D eigenvalue weighted by Crippen LogP contribution is -2.36. The molecule has 0 bridgehead atoms. The lowest BCUT2D eigenvalue weighted by atomic mass is 10.2. The van der Waals surface area contributed by atoms with E-state index in [1.165, 1.54) is 4.31 Å². The van der Waals surface area contributed by atoms with Crippen molar-refractivity contribution in [3.8, 4) is 0 Å². The molecule has 2 aliphatic rings. The van der Waals surface area contributed by atoms with Gasteiger partial charge in [-0.3, -0.25) is 4.79 Å². The third kappa shape index (κ3) is 4.27. The second kappa shape index (κ2) is 7.65. The van der Waals surface area contributed by atoms with E-state index in [4.69, 9.17) is 9.57 Å². The summed E-state index contributed by atoms with van der Waals surface area (Å²) >= 11 is 0. The molecule has 8 heteroatoms. The van der Waals surface area contributed by atoms with E-state index in [1.807, 2.05) is 13.0 Å². The topological polar surface area (TPSA) is 84.9 Å². The fourth-order valence-electron chi connectivity index (χ4n) is 2.79. The molecule has 1 unspecified atom stereocenters. The van der Waals surface area contributed by atoms with Gasteiger partial charge in [0, 0.05) is 31.7 Å². The number of hydroxylamine groups is 1. The first-order valence-electron chi connectivity index (χ1n) is 8.30. The van der Waals surface area contributed by atoms with Crippen LogP contribution >= 0.6 is 0 Å². The summed E-state index contributed by atoms with van der Waals surface area (Å²) in [7, 11) is -3.63. The van der Waals surface area contributed by atoms with Gasteiger partial charge in [0.05, 0.1) is 4.90 Å². The molecule has 1 N–H and O–H groups in total. The van der Waals surface area contributed by atoms with Crippen LogP contribution in [0.25, 0.3) is 0 Å². The van der Waals surface area contributed by atoms with Crippen molar-refractivity contribution in [2.75, 3.05) is 19.7 Å². The molecule has 2 aliphatic heterocycles. The Morgan fingerprint density at radius 1 is 1.36 bits per heavy atom. The Hall–Kier alpha value is -1.74. The van der Waals surface area contributed by atoms with Gasteiger partial charge >= 0.3 is 0 Å². The molecule has 1 aromatic rings. The number of carbonyl (C=O) groups excluding carboxylic acids is 1. The van der Waals surface area contributed by atoms with Crippen molar-refractivity contribution in [3.63, 3.8) is 0 Å². The number of nitrogens with one attached hydrogen (secondary N) is 1. The molecule has 25 heavy (non-hydrogen) atoms. The number of hydrogen-bond acceptors (Lipinski definition) is 5. The molecule has 0 saturated carbocycles. The van der Waals surface area contributed by atoms with Gasteiger partial charge in [-0.05, 0) is 37.5 Å². The predicted octanol–water partition coefficient (Wildman–Crippen LogP) is 1.50. The number of aryl methyl sites for hydroxylation is 1. The molecule has 2 heterocycles. The number of carbonyl (C=O) groups is 1. The smallest absolute Gasteiger partial charge is 0.271 e. The minimum atomic E-state index is -3.63. The summed E-state index contributed by atoms with van der Waals surface area (Å²) in [5.41, 5.74) is 3.60. The minimum Gasteiger partial charge on any atom is -0.350 e. The van der Waals surface area contributed by atoms with Gasteiger partial charge in [-0.15, -0.1) is 0 Å². The number of nitrogens with zero attached hydrogens (tertiary/aromatic N) is 1. The first-order chi connectivity index (χ1) is 12.0. The molecule has 0 spiro atoms. The summed E-state index contributed by atoms with van der Waals surface area (Å²) in [6.07, 6.45) is 3.88. The van der Waals surface area contributed by atoms with Crippen LogP contribution in [0.15, 0.2) is 40.8 Å². The molecule has 136 valence electrons. The number of sulfonamides is 1. The number of amides is 1. The van der Waals surface area contributed by atoms with E-state index in [1.54, 1.807) is 24.3 Å². The van der Waals surface area contributed by atoms with Gasteiger partial charge in [-0.2, -0.15) is 4.31 Å². The fraction of sp³-hybridized carbons (Fsp3) is 0.471. The van der Waals surface area contributed by atoms with Crippen molar-refractivity contribution in [3.05, 3.63) is 41.5 Å². The van der Waals surface area contributed by atoms with Crippen molar-refractivity contribution in [2.45, 2.75) is 37.4 Å². The van der Waals surface area contributed by atoms with Crippen LogP contribution in [0.5, 0.6) is 0 Å². The summed E-state index contributed by atoms with van der Waals surface area (Å²) in [6.45, 7) is 2.65. The van der Waals surface area contributed by atoms with Gasteiger partial charge in [-0.1, -0.05) is 18.2 Å². The normalized spacial score (nSPS) is 21.8. The zero-order valence-corrected chi connectivity index (χ0v) is 14.9. The highest BCUT2D eigenvalue weighted by atomic mass is 32.2. The zero-order chi connectivity index (χ0) is 17.9. The van der Waals surface area contributed by atoms with Gasteiger partial charge in [0.1, 0.15) is 0 Å². The van der Waals surface area contributed by atoms with Crippen molar-refractivity contribution < 1.29 is 22.8 Å². The Labute approximate surface area is 147 Å². The van der Waals surface area contributed by atoms with Gasteiger partial charge in [-0.25, -0.2) is 18.7 Å². The fourth-order valence-corrected chi connectivity index (χ4v) is 4.26. The SMILES string of the molecule is Cc1cccc(S(=O)(=O)N2CC=C(C(=O)NOC3CCCCO3)C2)c1. The summed E-state index contributed by atoms with van der Waals surface area (Å²) < 4.78 is 32.0. The lowest BCUT2D eigenvalue weighted by molar-refractivity contribution is -0.198. The highest BCUT2D eigenvalue weighted by molar-refractivity contribution is 7.89. The van der Waals surface area contributed by atoms with E-state index >= 15 is 0 Å². The van der Waals surface area contributed by atoms with Crippen LogP contribution in [0, 0.1) is 6.92 Å². The Bertz CT molecular complexity index is 769. The molecule has 0 aliphatic carbocycles. The molecule has 0 radical (unpaired) electrons. The van der Waals surface area contributed by atoms with Crippen molar-refractivity contribution in [1.29, 1.82) is 0 Å².